The van der Waals surface area contributed by atoms with Crippen molar-refractivity contribution in [3.63, 3.8) is 0 Å². The highest BCUT2D eigenvalue weighted by Gasteiger charge is 1.94. The van der Waals surface area contributed by atoms with Gasteiger partial charge in [0.05, 0.1) is 0 Å². The van der Waals surface area contributed by atoms with Gasteiger partial charge in [0.1, 0.15) is 5.82 Å². The van der Waals surface area contributed by atoms with Crippen molar-refractivity contribution in [1.29, 1.82) is 0 Å². The first-order valence-electron chi connectivity index (χ1n) is 2.69. The summed E-state index contributed by atoms with van der Waals surface area (Å²) < 4.78 is 12.5. The van der Waals surface area contributed by atoms with Gasteiger partial charge in [0.2, 0.25) is 0 Å². The van der Waals surface area contributed by atoms with Crippen molar-refractivity contribution in [2.45, 2.75) is 6.54 Å². The predicted molar refractivity (Wildman–Crippen MR) is 33.1 cm³/mol. The van der Waals surface area contributed by atoms with Crippen LogP contribution >= 0.6 is 0 Å². The maximum atomic E-state index is 12.5. The normalized spacial score (nSPS) is 9.56. The van der Waals surface area contributed by atoms with Crippen molar-refractivity contribution in [2.24, 2.45) is 5.73 Å². The van der Waals surface area contributed by atoms with Crippen LogP contribution in [0.15, 0.2) is 18.2 Å². The van der Waals surface area contributed by atoms with Crippen LogP contribution < -0.4 is 5.73 Å². The standard InChI is InChI=1S/C7H7FN/c8-7-4-2-1-3-6(7)5-9/h1,3-4H,5,9H2. The fourth-order valence-electron chi connectivity index (χ4n) is 0.608. The molecule has 2 heteroatoms. The molecule has 1 aromatic carbocycles. The van der Waals surface area contributed by atoms with E-state index in [0.29, 0.717) is 5.56 Å². The molecule has 0 heterocycles. The van der Waals surface area contributed by atoms with Gasteiger partial charge in [0, 0.05) is 12.1 Å². The fraction of sp³-hybridized carbons (Fsp3) is 0.143. The van der Waals surface area contributed by atoms with Crippen molar-refractivity contribution in [1.82, 2.24) is 0 Å². The molecule has 0 aliphatic carbocycles. The molecule has 0 fully saturated rings. The first-order valence-corrected chi connectivity index (χ1v) is 2.69. The maximum Gasteiger partial charge on any atom is 0.128 e. The van der Waals surface area contributed by atoms with E-state index in [1.807, 2.05) is 0 Å². The highest BCUT2D eigenvalue weighted by atomic mass is 19.1. The summed E-state index contributed by atoms with van der Waals surface area (Å²) in [7, 11) is 0. The number of halogens is 1. The van der Waals surface area contributed by atoms with Gasteiger partial charge in [-0.15, -0.1) is 0 Å². The topological polar surface area (TPSA) is 26.0 Å². The number of hydrogen-bond acceptors (Lipinski definition) is 1. The lowest BCUT2D eigenvalue weighted by molar-refractivity contribution is 0.610. The third-order valence-corrected chi connectivity index (χ3v) is 1.12. The molecule has 0 atom stereocenters. The van der Waals surface area contributed by atoms with E-state index in [4.69, 9.17) is 5.73 Å². The fourth-order valence-corrected chi connectivity index (χ4v) is 0.608. The summed E-state index contributed by atoms with van der Waals surface area (Å²) in [5.74, 6) is -0.278. The Kier molecular flexibility index (Phi) is 1.80. The molecule has 1 nitrogen and oxygen atoms in total. The second kappa shape index (κ2) is 2.60. The minimum absolute atomic E-state index is 0.251. The van der Waals surface area contributed by atoms with Gasteiger partial charge >= 0.3 is 0 Å². The predicted octanol–water partition coefficient (Wildman–Crippen LogP) is 1.08. The quantitative estimate of drug-likeness (QED) is 0.595. The smallest absolute Gasteiger partial charge is 0.128 e. The summed E-state index contributed by atoms with van der Waals surface area (Å²) >= 11 is 0. The first kappa shape index (κ1) is 6.23. The van der Waals surface area contributed by atoms with E-state index in [1.165, 1.54) is 6.07 Å². The van der Waals surface area contributed by atoms with Crippen molar-refractivity contribution >= 4 is 0 Å². The van der Waals surface area contributed by atoms with E-state index in [0.717, 1.165) is 0 Å². The highest BCUT2D eigenvalue weighted by molar-refractivity contribution is 5.15. The Hall–Kier alpha value is -0.890. The van der Waals surface area contributed by atoms with E-state index < -0.39 is 0 Å². The largest absolute Gasteiger partial charge is 0.326 e. The first-order chi connectivity index (χ1) is 4.34. The Bertz CT molecular complexity index is 198. The minimum atomic E-state index is -0.278. The molecule has 1 aromatic rings. The summed E-state index contributed by atoms with van der Waals surface area (Å²) in [4.78, 5) is 0. The number of hydrogen-bond donors (Lipinski definition) is 1. The Labute approximate surface area is 53.3 Å². The van der Waals surface area contributed by atoms with Crippen molar-refractivity contribution in [3.8, 4) is 0 Å². The van der Waals surface area contributed by atoms with Gasteiger partial charge in [0.15, 0.2) is 0 Å². The van der Waals surface area contributed by atoms with Gasteiger partial charge in [-0.3, -0.25) is 0 Å². The lowest BCUT2D eigenvalue weighted by atomic mass is 10.2. The molecule has 0 unspecified atom stereocenters. The van der Waals surface area contributed by atoms with Crippen LogP contribution in [-0.4, -0.2) is 0 Å². The summed E-state index contributed by atoms with van der Waals surface area (Å²) in [5.41, 5.74) is 5.73. The van der Waals surface area contributed by atoms with Gasteiger partial charge < -0.3 is 5.73 Å². The van der Waals surface area contributed by atoms with E-state index in [2.05, 4.69) is 6.07 Å². The van der Waals surface area contributed by atoms with E-state index >= 15 is 0 Å². The molecule has 0 aromatic heterocycles. The molecular weight excluding hydrogens is 117 g/mol. The molecule has 1 rings (SSSR count). The van der Waals surface area contributed by atoms with Crippen LogP contribution in [0, 0.1) is 11.9 Å². The number of benzene rings is 1. The summed E-state index contributed by atoms with van der Waals surface area (Å²) in [6.07, 6.45) is 0. The highest BCUT2D eigenvalue weighted by Crippen LogP contribution is 2.02. The van der Waals surface area contributed by atoms with Gasteiger partial charge in [-0.05, 0) is 12.1 Å². The lowest BCUT2D eigenvalue weighted by Gasteiger charge is -1.94. The zero-order valence-electron chi connectivity index (χ0n) is 4.89. The lowest BCUT2D eigenvalue weighted by Crippen LogP contribution is -1.98. The van der Waals surface area contributed by atoms with Crippen LogP contribution in [-0.2, 0) is 6.54 Å². The Morgan fingerprint density at radius 1 is 1.67 bits per heavy atom. The molecule has 47 valence electrons. The van der Waals surface area contributed by atoms with Crippen LogP contribution in [0.2, 0.25) is 0 Å². The summed E-state index contributed by atoms with van der Waals surface area (Å²) in [5, 5.41) is 0. The van der Waals surface area contributed by atoms with E-state index in [9.17, 15) is 4.39 Å². The zero-order chi connectivity index (χ0) is 6.69. The van der Waals surface area contributed by atoms with Crippen LogP contribution in [0.5, 0.6) is 0 Å². The number of nitrogens with two attached hydrogens (primary N) is 1. The van der Waals surface area contributed by atoms with Crippen LogP contribution in [0.25, 0.3) is 0 Å². The summed E-state index contributed by atoms with van der Waals surface area (Å²) in [6.45, 7) is 0.251. The van der Waals surface area contributed by atoms with Gasteiger partial charge in [-0.2, -0.15) is 0 Å². The molecule has 0 bridgehead atoms. The van der Waals surface area contributed by atoms with Crippen molar-refractivity contribution < 1.29 is 4.39 Å². The second-order valence-corrected chi connectivity index (χ2v) is 1.72. The average Bonchev–Trinajstić information content (AvgIpc) is 1.89. The van der Waals surface area contributed by atoms with Crippen LogP contribution in [0.3, 0.4) is 0 Å². The number of rotatable bonds is 1. The molecule has 0 saturated heterocycles. The minimum Gasteiger partial charge on any atom is -0.326 e. The average molecular weight is 124 g/mol. The second-order valence-electron chi connectivity index (χ2n) is 1.72. The molecule has 1 radical (unpaired) electrons. The van der Waals surface area contributed by atoms with Gasteiger partial charge in [0.25, 0.3) is 0 Å². The Morgan fingerprint density at radius 2 is 2.44 bits per heavy atom. The van der Waals surface area contributed by atoms with Crippen LogP contribution in [0.4, 0.5) is 4.39 Å². The van der Waals surface area contributed by atoms with Crippen molar-refractivity contribution in [2.75, 3.05) is 0 Å². The molecule has 0 aliphatic heterocycles. The SMILES string of the molecule is NCc1cc[c]cc1F. The maximum absolute atomic E-state index is 12.5. The third-order valence-electron chi connectivity index (χ3n) is 1.12. The molecule has 2 N–H and O–H groups in total. The zero-order valence-corrected chi connectivity index (χ0v) is 4.89. The summed E-state index contributed by atoms with van der Waals surface area (Å²) in [6, 6.07) is 7.15. The van der Waals surface area contributed by atoms with Crippen molar-refractivity contribution in [3.05, 3.63) is 35.6 Å². The van der Waals surface area contributed by atoms with E-state index in [1.54, 1.807) is 12.1 Å². The van der Waals surface area contributed by atoms with Gasteiger partial charge in [-0.25, -0.2) is 4.39 Å². The Balaban J connectivity index is 3.01. The Morgan fingerprint density at radius 3 is 2.89 bits per heavy atom. The van der Waals surface area contributed by atoms with Crippen LogP contribution in [0.1, 0.15) is 5.56 Å². The molecule has 0 amide bonds. The molecule has 0 saturated carbocycles. The molecular formula is C7H7FN. The van der Waals surface area contributed by atoms with Gasteiger partial charge in [-0.1, -0.05) is 12.1 Å². The third kappa shape index (κ3) is 1.27. The van der Waals surface area contributed by atoms with E-state index in [-0.39, 0.29) is 12.4 Å². The molecule has 0 aliphatic rings. The molecule has 0 spiro atoms. The monoisotopic (exact) mass is 124 g/mol. The molecule has 9 heavy (non-hydrogen) atoms.